The van der Waals surface area contributed by atoms with Crippen LogP contribution in [0.15, 0.2) is 10.9 Å². The van der Waals surface area contributed by atoms with Crippen LogP contribution in [0.5, 0.6) is 0 Å². The summed E-state index contributed by atoms with van der Waals surface area (Å²) >= 11 is 1.38. The lowest BCUT2D eigenvalue weighted by atomic mass is 10.1. The van der Waals surface area contributed by atoms with E-state index in [2.05, 4.69) is 25.4 Å². The summed E-state index contributed by atoms with van der Waals surface area (Å²) in [6.07, 6.45) is 8.50. The minimum atomic E-state index is -0.412. The fraction of sp³-hybridized carbons (Fsp3) is 0.579. The Hall–Kier alpha value is -2.06. The van der Waals surface area contributed by atoms with Crippen LogP contribution in [0.4, 0.5) is 5.13 Å². The van der Waals surface area contributed by atoms with Crippen molar-refractivity contribution in [2.45, 2.75) is 51.4 Å². The third-order valence-electron chi connectivity index (χ3n) is 5.36. The van der Waals surface area contributed by atoms with E-state index in [4.69, 9.17) is 0 Å². The number of likely N-dealkylation sites (tertiary alicyclic amines) is 1. The number of pyridine rings is 1. The van der Waals surface area contributed by atoms with Crippen molar-refractivity contribution in [3.05, 3.63) is 38.2 Å². The summed E-state index contributed by atoms with van der Waals surface area (Å²) in [5, 5.41) is 12.3. The molecule has 1 fully saturated rings. The number of amides is 1. The molecule has 1 aliphatic carbocycles. The predicted octanol–water partition coefficient (Wildman–Crippen LogP) is 2.39. The van der Waals surface area contributed by atoms with Crippen molar-refractivity contribution in [3.8, 4) is 0 Å². The quantitative estimate of drug-likeness (QED) is 0.769. The molecule has 2 N–H and O–H groups in total. The summed E-state index contributed by atoms with van der Waals surface area (Å²) in [5.41, 5.74) is 1.89. The maximum atomic E-state index is 12.6. The highest BCUT2D eigenvalue weighted by Crippen LogP contribution is 2.20. The van der Waals surface area contributed by atoms with Crippen LogP contribution in [0.25, 0.3) is 0 Å². The predicted molar refractivity (Wildman–Crippen MR) is 106 cm³/mol. The normalized spacial score (nSPS) is 17.5. The third-order valence-corrected chi connectivity index (χ3v) is 6.26. The van der Waals surface area contributed by atoms with Crippen LogP contribution in [0.2, 0.25) is 0 Å². The maximum Gasteiger partial charge on any atom is 0.263 e. The van der Waals surface area contributed by atoms with Gasteiger partial charge in [0.1, 0.15) is 10.6 Å². The Kier molecular flexibility index (Phi) is 5.63. The van der Waals surface area contributed by atoms with Crippen LogP contribution in [0.1, 0.15) is 58.7 Å². The Bertz CT molecular complexity index is 869. The summed E-state index contributed by atoms with van der Waals surface area (Å²) in [6.45, 7) is 3.29. The van der Waals surface area contributed by atoms with Crippen LogP contribution in [0.3, 0.4) is 0 Å². The van der Waals surface area contributed by atoms with Gasteiger partial charge in [0.05, 0.1) is 0 Å². The maximum absolute atomic E-state index is 12.6. The van der Waals surface area contributed by atoms with E-state index in [0.29, 0.717) is 5.13 Å². The number of hydrogen-bond acceptors (Lipinski definition) is 6. The molecule has 0 spiro atoms. The van der Waals surface area contributed by atoms with Crippen molar-refractivity contribution in [1.82, 2.24) is 20.1 Å². The van der Waals surface area contributed by atoms with Crippen LogP contribution in [-0.4, -0.2) is 45.6 Å². The second kappa shape index (κ2) is 8.31. The van der Waals surface area contributed by atoms with Crippen molar-refractivity contribution in [2.75, 3.05) is 25.0 Å². The summed E-state index contributed by atoms with van der Waals surface area (Å²) in [4.78, 5) is 30.2. The molecule has 0 bridgehead atoms. The van der Waals surface area contributed by atoms with Gasteiger partial charge in [0, 0.05) is 18.7 Å². The Labute approximate surface area is 162 Å². The number of hydrogen-bond donors (Lipinski definition) is 2. The average molecular weight is 388 g/mol. The molecule has 0 aromatic carbocycles. The SMILES string of the molecule is O=C(Nc1nnc(CCN2CCCC2)s1)c1cc2c([nH]c1=O)CCCCC2. The molecule has 0 radical (unpaired) electrons. The fourth-order valence-electron chi connectivity index (χ4n) is 3.85. The zero-order chi connectivity index (χ0) is 18.6. The van der Waals surface area contributed by atoms with E-state index in [0.717, 1.165) is 74.4 Å². The molecular weight excluding hydrogens is 362 g/mol. The number of fused-ring (bicyclic) bond motifs is 1. The van der Waals surface area contributed by atoms with Crippen LogP contribution >= 0.6 is 11.3 Å². The van der Waals surface area contributed by atoms with E-state index in [-0.39, 0.29) is 11.1 Å². The largest absolute Gasteiger partial charge is 0.325 e. The zero-order valence-electron chi connectivity index (χ0n) is 15.4. The van der Waals surface area contributed by atoms with E-state index >= 15 is 0 Å². The second-order valence-electron chi connectivity index (χ2n) is 7.33. The Morgan fingerprint density at radius 1 is 1.15 bits per heavy atom. The van der Waals surface area contributed by atoms with E-state index in [1.165, 1.54) is 24.2 Å². The van der Waals surface area contributed by atoms with Crippen LogP contribution < -0.4 is 10.9 Å². The number of aromatic nitrogens is 3. The van der Waals surface area contributed by atoms with Crippen molar-refractivity contribution in [1.29, 1.82) is 0 Å². The lowest BCUT2D eigenvalue weighted by Gasteiger charge is -2.12. The summed E-state index contributed by atoms with van der Waals surface area (Å²) in [7, 11) is 0. The molecule has 4 rings (SSSR count). The van der Waals surface area contributed by atoms with Crippen LogP contribution in [0, 0.1) is 0 Å². The first-order valence-corrected chi connectivity index (χ1v) is 10.6. The summed E-state index contributed by atoms with van der Waals surface area (Å²) in [6, 6.07) is 1.75. The molecular formula is C19H25N5O2S. The number of carbonyl (C=O) groups is 1. The van der Waals surface area contributed by atoms with E-state index in [1.54, 1.807) is 6.07 Å². The van der Waals surface area contributed by atoms with Crippen molar-refractivity contribution in [2.24, 2.45) is 0 Å². The number of anilines is 1. The number of carbonyl (C=O) groups excluding carboxylic acids is 1. The number of nitrogens with one attached hydrogen (secondary N) is 2. The molecule has 0 atom stereocenters. The minimum absolute atomic E-state index is 0.157. The van der Waals surface area contributed by atoms with Gasteiger partial charge >= 0.3 is 0 Å². The smallest absolute Gasteiger partial charge is 0.263 e. The van der Waals surface area contributed by atoms with Gasteiger partial charge in [0.2, 0.25) is 5.13 Å². The highest BCUT2D eigenvalue weighted by atomic mass is 32.1. The molecule has 1 amide bonds. The number of rotatable bonds is 5. The van der Waals surface area contributed by atoms with Crippen molar-refractivity contribution >= 4 is 22.4 Å². The highest BCUT2D eigenvalue weighted by molar-refractivity contribution is 7.15. The number of H-pyrrole nitrogens is 1. The monoisotopic (exact) mass is 387 g/mol. The fourth-order valence-corrected chi connectivity index (χ4v) is 4.57. The van der Waals surface area contributed by atoms with Gasteiger partial charge in [-0.3, -0.25) is 14.9 Å². The molecule has 2 aromatic heterocycles. The Morgan fingerprint density at radius 3 is 2.81 bits per heavy atom. The standard InChI is InChI=1S/C19H25N5O2S/c25-17-14(12-13-6-2-1-3-7-15(13)20-17)18(26)21-19-23-22-16(27-19)8-11-24-9-4-5-10-24/h12H,1-11H2,(H,20,25)(H,21,23,26). The Balaban J connectivity index is 1.41. The van der Waals surface area contributed by atoms with Crippen LogP contribution in [-0.2, 0) is 19.3 Å². The molecule has 1 aliphatic heterocycles. The van der Waals surface area contributed by atoms with Gasteiger partial charge in [-0.25, -0.2) is 0 Å². The van der Waals surface area contributed by atoms with Gasteiger partial charge in [-0.05, 0) is 63.2 Å². The van der Waals surface area contributed by atoms with E-state index in [9.17, 15) is 9.59 Å². The van der Waals surface area contributed by atoms with Gasteiger partial charge < -0.3 is 9.88 Å². The lowest BCUT2D eigenvalue weighted by molar-refractivity contribution is 0.102. The van der Waals surface area contributed by atoms with E-state index < -0.39 is 5.91 Å². The summed E-state index contributed by atoms with van der Waals surface area (Å²) < 4.78 is 0. The Morgan fingerprint density at radius 2 is 1.96 bits per heavy atom. The second-order valence-corrected chi connectivity index (χ2v) is 8.39. The first kappa shape index (κ1) is 18.3. The lowest BCUT2D eigenvalue weighted by Crippen LogP contribution is -2.25. The molecule has 2 aromatic rings. The topological polar surface area (TPSA) is 91.0 Å². The molecule has 144 valence electrons. The zero-order valence-corrected chi connectivity index (χ0v) is 16.2. The molecule has 0 saturated carbocycles. The number of nitrogens with zero attached hydrogens (tertiary/aromatic N) is 3. The first-order chi connectivity index (χ1) is 13.2. The molecule has 27 heavy (non-hydrogen) atoms. The molecule has 3 heterocycles. The minimum Gasteiger partial charge on any atom is -0.325 e. The number of aryl methyl sites for hydroxylation is 2. The average Bonchev–Trinajstić information content (AvgIpc) is 3.27. The molecule has 8 heteroatoms. The molecule has 1 saturated heterocycles. The van der Waals surface area contributed by atoms with Crippen molar-refractivity contribution < 1.29 is 4.79 Å². The van der Waals surface area contributed by atoms with Gasteiger partial charge in [0.25, 0.3) is 11.5 Å². The van der Waals surface area contributed by atoms with Gasteiger partial charge in [-0.2, -0.15) is 0 Å². The molecule has 2 aliphatic rings. The summed E-state index contributed by atoms with van der Waals surface area (Å²) in [5.74, 6) is -0.412. The van der Waals surface area contributed by atoms with Gasteiger partial charge in [0.15, 0.2) is 0 Å². The first-order valence-electron chi connectivity index (χ1n) is 9.80. The third kappa shape index (κ3) is 4.44. The van der Waals surface area contributed by atoms with Gasteiger partial charge in [-0.15, -0.1) is 10.2 Å². The van der Waals surface area contributed by atoms with Crippen molar-refractivity contribution in [3.63, 3.8) is 0 Å². The van der Waals surface area contributed by atoms with E-state index in [1.807, 2.05) is 0 Å². The molecule has 0 unspecified atom stereocenters. The highest BCUT2D eigenvalue weighted by Gasteiger charge is 2.18. The molecule has 7 nitrogen and oxygen atoms in total. The number of aromatic amines is 1. The van der Waals surface area contributed by atoms with Gasteiger partial charge in [-0.1, -0.05) is 17.8 Å².